The molecule has 0 aliphatic carbocycles. The molecule has 2 aromatic carbocycles. The molecule has 1 fully saturated rings. The standard InChI is InChI=1S/C23H24N2O3S/c1-18-11-13-20(14-12-18)29(26,27)25-16-6-10-22(25)21-9-5-15-24-23(21)28-17-19-7-3-2-4-8-19/h2-5,7-9,11-15,22H,6,10,16-17H2,1H3/t22-/m1/s1. The molecule has 1 aromatic heterocycles. The first-order valence-electron chi connectivity index (χ1n) is 9.76. The number of ether oxygens (including phenoxy) is 1. The predicted octanol–water partition coefficient (Wildman–Crippen LogP) is 4.49. The molecule has 0 spiro atoms. The number of hydrogen-bond donors (Lipinski definition) is 0. The third kappa shape index (κ3) is 4.18. The van der Waals surface area contributed by atoms with Crippen LogP contribution < -0.4 is 4.74 Å². The molecule has 1 saturated heterocycles. The Bertz CT molecular complexity index is 1070. The molecule has 1 aliphatic rings. The maximum atomic E-state index is 13.3. The van der Waals surface area contributed by atoms with E-state index in [2.05, 4.69) is 4.98 Å². The number of aromatic nitrogens is 1. The minimum atomic E-state index is -3.59. The average Bonchev–Trinajstić information content (AvgIpc) is 3.24. The highest BCUT2D eigenvalue weighted by Crippen LogP contribution is 2.39. The van der Waals surface area contributed by atoms with Crippen molar-refractivity contribution in [2.75, 3.05) is 6.54 Å². The van der Waals surface area contributed by atoms with Crippen LogP contribution in [0.5, 0.6) is 5.88 Å². The predicted molar refractivity (Wildman–Crippen MR) is 112 cm³/mol. The molecule has 0 saturated carbocycles. The van der Waals surface area contributed by atoms with Crippen LogP contribution >= 0.6 is 0 Å². The zero-order valence-electron chi connectivity index (χ0n) is 16.4. The number of aryl methyl sites for hydroxylation is 1. The Morgan fingerprint density at radius 1 is 1.03 bits per heavy atom. The van der Waals surface area contributed by atoms with E-state index < -0.39 is 10.0 Å². The molecule has 4 rings (SSSR count). The second-order valence-corrected chi connectivity index (χ2v) is 9.15. The third-order valence-corrected chi connectivity index (χ3v) is 7.13. The largest absolute Gasteiger partial charge is 0.473 e. The van der Waals surface area contributed by atoms with Crippen LogP contribution in [0, 0.1) is 6.92 Å². The summed E-state index contributed by atoms with van der Waals surface area (Å²) in [6.45, 7) is 2.83. The van der Waals surface area contributed by atoms with Crippen molar-refractivity contribution >= 4 is 10.0 Å². The van der Waals surface area contributed by atoms with Crippen molar-refractivity contribution in [1.82, 2.24) is 9.29 Å². The molecule has 0 radical (unpaired) electrons. The van der Waals surface area contributed by atoms with E-state index in [1.807, 2.05) is 61.5 Å². The number of rotatable bonds is 6. The van der Waals surface area contributed by atoms with Gasteiger partial charge < -0.3 is 4.74 Å². The quantitative estimate of drug-likeness (QED) is 0.603. The molecule has 2 heterocycles. The molecule has 3 aromatic rings. The molecule has 5 nitrogen and oxygen atoms in total. The minimum Gasteiger partial charge on any atom is -0.473 e. The van der Waals surface area contributed by atoms with Crippen LogP contribution in [0.3, 0.4) is 0 Å². The van der Waals surface area contributed by atoms with Crippen LogP contribution in [0.2, 0.25) is 0 Å². The van der Waals surface area contributed by atoms with Crippen molar-refractivity contribution < 1.29 is 13.2 Å². The second kappa shape index (κ2) is 8.35. The van der Waals surface area contributed by atoms with Gasteiger partial charge in [0.25, 0.3) is 0 Å². The van der Waals surface area contributed by atoms with Crippen LogP contribution in [0.1, 0.15) is 35.6 Å². The SMILES string of the molecule is Cc1ccc(S(=O)(=O)N2CCC[C@@H]2c2cccnc2OCc2ccccc2)cc1. The van der Waals surface area contributed by atoms with Crippen molar-refractivity contribution in [1.29, 1.82) is 0 Å². The maximum Gasteiger partial charge on any atom is 0.243 e. The molecule has 0 amide bonds. The fraction of sp³-hybridized carbons (Fsp3) is 0.261. The van der Waals surface area contributed by atoms with Gasteiger partial charge in [-0.2, -0.15) is 4.31 Å². The van der Waals surface area contributed by atoms with Gasteiger partial charge in [-0.3, -0.25) is 0 Å². The monoisotopic (exact) mass is 408 g/mol. The number of pyridine rings is 1. The van der Waals surface area contributed by atoms with Crippen molar-refractivity contribution in [2.24, 2.45) is 0 Å². The van der Waals surface area contributed by atoms with E-state index in [0.717, 1.165) is 29.5 Å². The van der Waals surface area contributed by atoms with E-state index in [9.17, 15) is 8.42 Å². The molecular weight excluding hydrogens is 384 g/mol. The van der Waals surface area contributed by atoms with Crippen LogP contribution in [-0.4, -0.2) is 24.3 Å². The van der Waals surface area contributed by atoms with Gasteiger partial charge in [0.15, 0.2) is 0 Å². The summed E-state index contributed by atoms with van der Waals surface area (Å²) in [4.78, 5) is 4.72. The average molecular weight is 409 g/mol. The Morgan fingerprint density at radius 2 is 1.79 bits per heavy atom. The van der Waals surface area contributed by atoms with Crippen molar-refractivity contribution in [2.45, 2.75) is 37.3 Å². The lowest BCUT2D eigenvalue weighted by molar-refractivity contribution is 0.281. The van der Waals surface area contributed by atoms with Gasteiger partial charge in [-0.05, 0) is 43.5 Å². The molecule has 0 N–H and O–H groups in total. The summed E-state index contributed by atoms with van der Waals surface area (Å²) in [6.07, 6.45) is 3.23. The first kappa shape index (κ1) is 19.6. The molecule has 6 heteroatoms. The summed E-state index contributed by atoms with van der Waals surface area (Å²) in [6, 6.07) is 20.4. The van der Waals surface area contributed by atoms with Crippen molar-refractivity contribution in [3.63, 3.8) is 0 Å². The van der Waals surface area contributed by atoms with E-state index in [1.54, 1.807) is 22.6 Å². The number of benzene rings is 2. The summed E-state index contributed by atoms with van der Waals surface area (Å²) >= 11 is 0. The molecule has 1 aliphatic heterocycles. The Kier molecular flexibility index (Phi) is 5.65. The van der Waals surface area contributed by atoms with Gasteiger partial charge in [0, 0.05) is 18.3 Å². The Hall–Kier alpha value is -2.70. The summed E-state index contributed by atoms with van der Waals surface area (Å²) in [5, 5.41) is 0. The van der Waals surface area contributed by atoms with Crippen molar-refractivity contribution in [3.8, 4) is 5.88 Å². The lowest BCUT2D eigenvalue weighted by atomic mass is 10.1. The fourth-order valence-corrected chi connectivity index (χ4v) is 5.36. The summed E-state index contributed by atoms with van der Waals surface area (Å²) in [5.74, 6) is 0.493. The van der Waals surface area contributed by atoms with Gasteiger partial charge in [0.2, 0.25) is 15.9 Å². The molecule has 150 valence electrons. The zero-order valence-corrected chi connectivity index (χ0v) is 17.2. The van der Waals surface area contributed by atoms with Crippen LogP contribution in [0.15, 0.2) is 77.8 Å². The lowest BCUT2D eigenvalue weighted by Gasteiger charge is -2.25. The van der Waals surface area contributed by atoms with Gasteiger partial charge in [0.05, 0.1) is 10.9 Å². The van der Waals surface area contributed by atoms with E-state index in [-0.39, 0.29) is 6.04 Å². The van der Waals surface area contributed by atoms with E-state index in [1.165, 1.54) is 0 Å². The van der Waals surface area contributed by atoms with Gasteiger partial charge in [-0.25, -0.2) is 13.4 Å². The molecule has 0 bridgehead atoms. The van der Waals surface area contributed by atoms with Crippen LogP contribution in [0.25, 0.3) is 0 Å². The van der Waals surface area contributed by atoms with Crippen LogP contribution in [0.4, 0.5) is 0 Å². The first-order valence-corrected chi connectivity index (χ1v) is 11.2. The summed E-state index contributed by atoms with van der Waals surface area (Å²) < 4.78 is 34.1. The highest BCUT2D eigenvalue weighted by molar-refractivity contribution is 7.89. The molecular formula is C23H24N2O3S. The Morgan fingerprint density at radius 3 is 2.55 bits per heavy atom. The molecule has 0 unspecified atom stereocenters. The second-order valence-electron chi connectivity index (χ2n) is 7.26. The maximum absolute atomic E-state index is 13.3. The Labute approximate surface area is 172 Å². The van der Waals surface area contributed by atoms with Gasteiger partial charge in [0.1, 0.15) is 6.61 Å². The first-order chi connectivity index (χ1) is 14.1. The van der Waals surface area contributed by atoms with E-state index in [4.69, 9.17) is 4.74 Å². The summed E-state index contributed by atoms with van der Waals surface area (Å²) in [5.41, 5.74) is 2.89. The minimum absolute atomic E-state index is 0.277. The highest BCUT2D eigenvalue weighted by Gasteiger charge is 2.37. The van der Waals surface area contributed by atoms with E-state index in [0.29, 0.717) is 23.9 Å². The van der Waals surface area contributed by atoms with Crippen molar-refractivity contribution in [3.05, 3.63) is 89.6 Å². The highest BCUT2D eigenvalue weighted by atomic mass is 32.2. The smallest absolute Gasteiger partial charge is 0.243 e. The van der Waals surface area contributed by atoms with Gasteiger partial charge in [-0.1, -0.05) is 54.1 Å². The number of hydrogen-bond acceptors (Lipinski definition) is 4. The number of sulfonamides is 1. The van der Waals surface area contributed by atoms with Gasteiger partial charge in [-0.15, -0.1) is 0 Å². The third-order valence-electron chi connectivity index (χ3n) is 5.21. The normalized spacial score (nSPS) is 17.3. The Balaban J connectivity index is 1.61. The lowest BCUT2D eigenvalue weighted by Crippen LogP contribution is -2.31. The fourth-order valence-electron chi connectivity index (χ4n) is 3.69. The summed E-state index contributed by atoms with van der Waals surface area (Å²) in [7, 11) is -3.59. The zero-order chi connectivity index (χ0) is 20.3. The molecule has 1 atom stereocenters. The molecule has 29 heavy (non-hydrogen) atoms. The van der Waals surface area contributed by atoms with E-state index >= 15 is 0 Å². The topological polar surface area (TPSA) is 59.5 Å². The van der Waals surface area contributed by atoms with Gasteiger partial charge >= 0.3 is 0 Å². The van der Waals surface area contributed by atoms with Crippen LogP contribution in [-0.2, 0) is 16.6 Å². The number of nitrogens with zero attached hydrogens (tertiary/aromatic N) is 2.